The van der Waals surface area contributed by atoms with Crippen LogP contribution in [0, 0.1) is 5.92 Å². The molecule has 0 aromatic rings. The zero-order chi connectivity index (χ0) is 11.6. The van der Waals surface area contributed by atoms with Gasteiger partial charge in [-0.3, -0.25) is 4.79 Å². The Morgan fingerprint density at radius 1 is 1.38 bits per heavy atom. The van der Waals surface area contributed by atoms with Crippen LogP contribution >= 0.6 is 23.5 Å². The second-order valence-corrected chi connectivity index (χ2v) is 7.64. The van der Waals surface area contributed by atoms with Crippen molar-refractivity contribution in [3.05, 3.63) is 0 Å². The van der Waals surface area contributed by atoms with Gasteiger partial charge in [-0.2, -0.15) is 11.8 Å². The van der Waals surface area contributed by atoms with E-state index in [1.165, 1.54) is 24.3 Å². The molecule has 1 amide bonds. The second kappa shape index (κ2) is 5.21. The van der Waals surface area contributed by atoms with Crippen molar-refractivity contribution in [1.29, 1.82) is 0 Å². The average molecular weight is 259 g/mol. The van der Waals surface area contributed by atoms with Crippen LogP contribution in [0.1, 0.15) is 33.1 Å². The van der Waals surface area contributed by atoms with Crippen LogP contribution in [0.15, 0.2) is 0 Å². The lowest BCUT2D eigenvalue weighted by Crippen LogP contribution is -2.47. The summed E-state index contributed by atoms with van der Waals surface area (Å²) in [5.41, 5.74) is 0. The molecule has 2 fully saturated rings. The van der Waals surface area contributed by atoms with Gasteiger partial charge in [-0.1, -0.05) is 13.8 Å². The predicted molar refractivity (Wildman–Crippen MR) is 72.9 cm³/mol. The maximum Gasteiger partial charge on any atom is 0.233 e. The summed E-state index contributed by atoms with van der Waals surface area (Å²) in [5, 5.41) is 0. The lowest BCUT2D eigenvalue weighted by atomic mass is 10.1. The van der Waals surface area contributed by atoms with Crippen LogP contribution in [0.25, 0.3) is 0 Å². The first kappa shape index (κ1) is 12.6. The molecule has 0 unspecified atom stereocenters. The molecule has 2 rings (SSSR count). The first-order valence-corrected chi connectivity index (χ1v) is 8.30. The van der Waals surface area contributed by atoms with Crippen molar-refractivity contribution in [2.45, 2.75) is 38.0 Å². The smallest absolute Gasteiger partial charge is 0.233 e. The van der Waals surface area contributed by atoms with Gasteiger partial charge in [0.15, 0.2) is 0 Å². The lowest BCUT2D eigenvalue weighted by molar-refractivity contribution is -0.130. The van der Waals surface area contributed by atoms with Gasteiger partial charge in [-0.05, 0) is 36.7 Å². The van der Waals surface area contributed by atoms with Gasteiger partial charge in [0.25, 0.3) is 0 Å². The van der Waals surface area contributed by atoms with Crippen molar-refractivity contribution in [2.24, 2.45) is 5.92 Å². The molecule has 0 saturated carbocycles. The number of hydrogen-bond acceptors (Lipinski definition) is 3. The van der Waals surface area contributed by atoms with Crippen molar-refractivity contribution < 1.29 is 4.79 Å². The normalized spacial score (nSPS) is 24.7. The third kappa shape index (κ3) is 2.53. The van der Waals surface area contributed by atoms with Crippen molar-refractivity contribution in [3.8, 4) is 0 Å². The predicted octanol–water partition coefficient (Wildman–Crippen LogP) is 2.83. The van der Waals surface area contributed by atoms with Crippen LogP contribution in [0.2, 0.25) is 0 Å². The van der Waals surface area contributed by atoms with E-state index in [1.54, 1.807) is 0 Å². The zero-order valence-electron chi connectivity index (χ0n) is 10.2. The van der Waals surface area contributed by atoms with Gasteiger partial charge >= 0.3 is 0 Å². The highest BCUT2D eigenvalue weighted by Gasteiger charge is 2.46. The van der Waals surface area contributed by atoms with Crippen LogP contribution < -0.4 is 0 Å². The van der Waals surface area contributed by atoms with E-state index in [0.29, 0.717) is 17.6 Å². The first-order chi connectivity index (χ1) is 7.64. The van der Waals surface area contributed by atoms with Crippen LogP contribution in [-0.2, 0) is 4.79 Å². The number of rotatable bonds is 3. The Kier molecular flexibility index (Phi) is 4.11. The molecule has 2 aliphatic heterocycles. The van der Waals surface area contributed by atoms with Gasteiger partial charge in [0.1, 0.15) is 0 Å². The first-order valence-electron chi connectivity index (χ1n) is 6.16. The molecule has 1 spiro atoms. The summed E-state index contributed by atoms with van der Waals surface area (Å²) in [6, 6.07) is 0. The maximum atomic E-state index is 12.0. The minimum Gasteiger partial charge on any atom is -0.327 e. The molecule has 2 saturated heterocycles. The van der Waals surface area contributed by atoms with Crippen LogP contribution in [0.3, 0.4) is 0 Å². The average Bonchev–Trinajstić information content (AvgIpc) is 2.55. The van der Waals surface area contributed by atoms with Crippen molar-refractivity contribution in [3.63, 3.8) is 0 Å². The topological polar surface area (TPSA) is 20.3 Å². The Hall–Kier alpha value is 0.170. The summed E-state index contributed by atoms with van der Waals surface area (Å²) < 4.78 is 0. The molecule has 4 heteroatoms. The lowest BCUT2D eigenvalue weighted by Gasteiger charge is -2.40. The SMILES string of the molecule is CC(C)CCN1C(=O)CSC12CCSCC2. The van der Waals surface area contributed by atoms with Gasteiger partial charge in [-0.25, -0.2) is 0 Å². The monoisotopic (exact) mass is 259 g/mol. The molecule has 0 N–H and O–H groups in total. The van der Waals surface area contributed by atoms with Gasteiger partial charge in [0.2, 0.25) is 5.91 Å². The molecule has 0 atom stereocenters. The van der Waals surface area contributed by atoms with Crippen molar-refractivity contribution in [2.75, 3.05) is 23.8 Å². The van der Waals surface area contributed by atoms with Crippen LogP contribution in [0.4, 0.5) is 0 Å². The maximum absolute atomic E-state index is 12.0. The van der Waals surface area contributed by atoms with E-state index in [9.17, 15) is 4.79 Å². The highest BCUT2D eigenvalue weighted by Crippen LogP contribution is 2.46. The Bertz CT molecular complexity index is 262. The third-order valence-electron chi connectivity index (χ3n) is 3.46. The Morgan fingerprint density at radius 2 is 2.06 bits per heavy atom. The van der Waals surface area contributed by atoms with E-state index in [1.807, 2.05) is 23.5 Å². The molecule has 0 aliphatic carbocycles. The minimum atomic E-state index is 0.178. The molecular weight excluding hydrogens is 238 g/mol. The van der Waals surface area contributed by atoms with E-state index in [0.717, 1.165) is 13.0 Å². The fourth-order valence-corrected chi connectivity index (χ4v) is 5.22. The van der Waals surface area contributed by atoms with Gasteiger partial charge in [0, 0.05) is 6.54 Å². The number of carbonyl (C=O) groups excluding carboxylic acids is 1. The number of amides is 1. The van der Waals surface area contributed by atoms with E-state index in [2.05, 4.69) is 18.7 Å². The molecule has 0 radical (unpaired) electrons. The molecule has 0 aromatic heterocycles. The molecule has 0 bridgehead atoms. The van der Waals surface area contributed by atoms with E-state index < -0.39 is 0 Å². The summed E-state index contributed by atoms with van der Waals surface area (Å²) in [5.74, 6) is 4.21. The molecule has 92 valence electrons. The standard InChI is InChI=1S/C12H21NOS2/c1-10(2)3-6-13-11(14)9-16-12(13)4-7-15-8-5-12/h10H,3-9H2,1-2H3. The summed E-state index contributed by atoms with van der Waals surface area (Å²) in [7, 11) is 0. The van der Waals surface area contributed by atoms with E-state index >= 15 is 0 Å². The second-order valence-electron chi connectivity index (χ2n) is 5.08. The minimum absolute atomic E-state index is 0.178. The number of thioether (sulfide) groups is 2. The Balaban J connectivity index is 2.02. The highest BCUT2D eigenvalue weighted by molar-refractivity contribution is 8.02. The molecule has 0 aromatic carbocycles. The summed E-state index contributed by atoms with van der Waals surface area (Å²) in [6.45, 7) is 5.43. The van der Waals surface area contributed by atoms with Crippen LogP contribution in [-0.4, -0.2) is 39.5 Å². The summed E-state index contributed by atoms with van der Waals surface area (Å²) in [4.78, 5) is 14.3. The molecule has 2 heterocycles. The fraction of sp³-hybridized carbons (Fsp3) is 0.917. The Morgan fingerprint density at radius 3 is 2.69 bits per heavy atom. The third-order valence-corrected chi connectivity index (χ3v) is 6.00. The number of hydrogen-bond donors (Lipinski definition) is 0. The van der Waals surface area contributed by atoms with Gasteiger partial charge in [-0.15, -0.1) is 11.8 Å². The van der Waals surface area contributed by atoms with E-state index in [-0.39, 0.29) is 4.87 Å². The number of carbonyl (C=O) groups is 1. The Labute approximate surface area is 107 Å². The van der Waals surface area contributed by atoms with Crippen molar-refractivity contribution >= 4 is 29.4 Å². The fourth-order valence-electron chi connectivity index (χ4n) is 2.40. The summed E-state index contributed by atoms with van der Waals surface area (Å²) in [6.07, 6.45) is 3.51. The molecular formula is C12H21NOS2. The number of nitrogens with zero attached hydrogens (tertiary/aromatic N) is 1. The quantitative estimate of drug-likeness (QED) is 0.777. The molecule has 2 aliphatic rings. The van der Waals surface area contributed by atoms with E-state index in [4.69, 9.17) is 0 Å². The largest absolute Gasteiger partial charge is 0.327 e. The zero-order valence-corrected chi connectivity index (χ0v) is 11.8. The van der Waals surface area contributed by atoms with Crippen LogP contribution in [0.5, 0.6) is 0 Å². The highest BCUT2D eigenvalue weighted by atomic mass is 32.2. The van der Waals surface area contributed by atoms with Gasteiger partial charge in [0.05, 0.1) is 10.6 Å². The molecule has 16 heavy (non-hydrogen) atoms. The van der Waals surface area contributed by atoms with Crippen molar-refractivity contribution in [1.82, 2.24) is 4.90 Å². The summed E-state index contributed by atoms with van der Waals surface area (Å²) >= 11 is 3.93. The van der Waals surface area contributed by atoms with Gasteiger partial charge < -0.3 is 4.90 Å². The molecule has 2 nitrogen and oxygen atoms in total.